The van der Waals surface area contributed by atoms with Crippen LogP contribution in [0.5, 0.6) is 0 Å². The first-order valence-electron chi connectivity index (χ1n) is 6.24. The number of nitrogens with one attached hydrogen (secondary N) is 1. The van der Waals surface area contributed by atoms with E-state index < -0.39 is 0 Å². The van der Waals surface area contributed by atoms with Gasteiger partial charge in [0.15, 0.2) is 0 Å². The lowest BCUT2D eigenvalue weighted by Gasteiger charge is -2.13. The molecule has 1 aromatic carbocycles. The normalized spacial score (nSPS) is 12.1. The van der Waals surface area contributed by atoms with Crippen molar-refractivity contribution in [3.63, 3.8) is 0 Å². The van der Waals surface area contributed by atoms with Gasteiger partial charge in [-0.05, 0) is 18.9 Å². The van der Waals surface area contributed by atoms with Crippen molar-refractivity contribution in [2.75, 3.05) is 0 Å². The molecule has 1 N–H and O–H groups in total. The zero-order valence-electron chi connectivity index (χ0n) is 10.6. The first kappa shape index (κ1) is 13.7. The Kier molecular flexibility index (Phi) is 6.33. The van der Waals surface area contributed by atoms with Crippen LogP contribution in [0.4, 0.5) is 0 Å². The largest absolute Gasteiger partial charge is 0.370 e. The second-order valence-corrected chi connectivity index (χ2v) is 4.18. The lowest BCUT2D eigenvalue weighted by Crippen LogP contribution is -2.23. The molecule has 0 spiro atoms. The van der Waals surface area contributed by atoms with Gasteiger partial charge in [-0.2, -0.15) is 0 Å². The molecule has 1 aromatic rings. The van der Waals surface area contributed by atoms with Gasteiger partial charge < -0.3 is 4.84 Å². The summed E-state index contributed by atoms with van der Waals surface area (Å²) in [5.41, 5.74) is 3.88. The number of hydrogen-bond acceptors (Lipinski definition) is 3. The van der Waals surface area contributed by atoms with Crippen molar-refractivity contribution in [3.8, 4) is 0 Å². The number of hydrogen-bond donors (Lipinski definition) is 1. The molecule has 0 saturated carbocycles. The summed E-state index contributed by atoms with van der Waals surface area (Å²) in [6, 6.07) is 9.93. The zero-order valence-corrected chi connectivity index (χ0v) is 10.6. The van der Waals surface area contributed by atoms with E-state index in [1.165, 1.54) is 0 Å². The average Bonchev–Trinajstić information content (AvgIpc) is 2.37. The van der Waals surface area contributed by atoms with Crippen molar-refractivity contribution in [1.82, 2.24) is 5.48 Å². The van der Waals surface area contributed by atoms with Gasteiger partial charge in [-0.25, -0.2) is 0 Å². The third-order valence-electron chi connectivity index (χ3n) is 2.63. The van der Waals surface area contributed by atoms with Gasteiger partial charge in [0.05, 0.1) is 6.04 Å². The lowest BCUT2D eigenvalue weighted by atomic mass is 10.1. The standard InChI is InChI=1S/C14H21NO2/c1-3-4-6-11-14(16)17-15-12(2)13-9-7-5-8-10-13/h5,7-10,12,15H,3-4,6,11H2,1-2H3/t12-/m1/s1. The quantitative estimate of drug-likeness (QED) is 0.581. The molecule has 0 aliphatic carbocycles. The molecule has 3 heteroatoms. The minimum Gasteiger partial charge on any atom is -0.370 e. The summed E-state index contributed by atoms with van der Waals surface area (Å²) in [5.74, 6) is -0.179. The van der Waals surface area contributed by atoms with Gasteiger partial charge in [0.25, 0.3) is 0 Å². The molecule has 0 unspecified atom stereocenters. The highest BCUT2D eigenvalue weighted by Gasteiger charge is 2.07. The Hall–Kier alpha value is -1.35. The maximum absolute atomic E-state index is 11.4. The summed E-state index contributed by atoms with van der Waals surface area (Å²) in [6.45, 7) is 4.08. The van der Waals surface area contributed by atoms with Crippen LogP contribution in [0.25, 0.3) is 0 Å². The van der Waals surface area contributed by atoms with E-state index in [1.54, 1.807) is 0 Å². The molecule has 0 bridgehead atoms. The van der Waals surface area contributed by atoms with E-state index in [9.17, 15) is 4.79 Å². The molecule has 17 heavy (non-hydrogen) atoms. The maximum atomic E-state index is 11.4. The topological polar surface area (TPSA) is 38.3 Å². The fraction of sp³-hybridized carbons (Fsp3) is 0.500. The first-order chi connectivity index (χ1) is 8.24. The van der Waals surface area contributed by atoms with Crippen molar-refractivity contribution >= 4 is 5.97 Å². The van der Waals surface area contributed by atoms with Crippen LogP contribution in [-0.4, -0.2) is 5.97 Å². The van der Waals surface area contributed by atoms with Crippen LogP contribution in [0, 0.1) is 0 Å². The molecule has 0 radical (unpaired) electrons. The maximum Gasteiger partial charge on any atom is 0.324 e. The third kappa shape index (κ3) is 5.50. The summed E-state index contributed by atoms with van der Waals surface area (Å²) in [4.78, 5) is 16.4. The van der Waals surface area contributed by atoms with Crippen LogP contribution in [-0.2, 0) is 9.63 Å². The number of carbonyl (C=O) groups excluding carboxylic acids is 1. The second kappa shape index (κ2) is 7.85. The van der Waals surface area contributed by atoms with E-state index in [4.69, 9.17) is 4.84 Å². The predicted octanol–water partition coefficient (Wildman–Crippen LogP) is 3.38. The first-order valence-corrected chi connectivity index (χ1v) is 6.24. The summed E-state index contributed by atoms with van der Waals surface area (Å²) in [5, 5.41) is 0. The molecule has 0 aromatic heterocycles. The molecular weight excluding hydrogens is 214 g/mol. The SMILES string of the molecule is CCCCCC(=O)ON[C@H](C)c1ccccc1. The molecule has 1 rings (SSSR count). The highest BCUT2D eigenvalue weighted by molar-refractivity contribution is 5.68. The van der Waals surface area contributed by atoms with Crippen LogP contribution in [0.1, 0.15) is 51.1 Å². The van der Waals surface area contributed by atoms with Crippen molar-refractivity contribution in [2.24, 2.45) is 0 Å². The lowest BCUT2D eigenvalue weighted by molar-refractivity contribution is -0.153. The van der Waals surface area contributed by atoms with Crippen LogP contribution in [0.2, 0.25) is 0 Å². The predicted molar refractivity (Wildman–Crippen MR) is 68.2 cm³/mol. The van der Waals surface area contributed by atoms with Gasteiger partial charge in [-0.1, -0.05) is 50.1 Å². The highest BCUT2D eigenvalue weighted by atomic mass is 16.7. The monoisotopic (exact) mass is 235 g/mol. The smallest absolute Gasteiger partial charge is 0.324 e. The van der Waals surface area contributed by atoms with Gasteiger partial charge in [0.1, 0.15) is 0 Å². The van der Waals surface area contributed by atoms with Gasteiger partial charge in [-0.3, -0.25) is 4.79 Å². The molecule has 1 atom stereocenters. The summed E-state index contributed by atoms with van der Waals surface area (Å²) < 4.78 is 0. The Bertz CT molecular complexity index is 324. The van der Waals surface area contributed by atoms with Gasteiger partial charge in [0, 0.05) is 6.42 Å². The fourth-order valence-electron chi connectivity index (χ4n) is 1.53. The van der Waals surface area contributed by atoms with E-state index in [-0.39, 0.29) is 12.0 Å². The Labute approximate surface area is 103 Å². The van der Waals surface area contributed by atoms with E-state index in [0.717, 1.165) is 24.8 Å². The summed E-state index contributed by atoms with van der Waals surface area (Å²) in [6.07, 6.45) is 3.57. The molecule has 0 amide bonds. The van der Waals surface area contributed by atoms with Crippen molar-refractivity contribution in [3.05, 3.63) is 35.9 Å². The van der Waals surface area contributed by atoms with Crippen LogP contribution < -0.4 is 5.48 Å². The Morgan fingerprint density at radius 3 is 2.65 bits per heavy atom. The van der Waals surface area contributed by atoms with Crippen LogP contribution in [0.15, 0.2) is 30.3 Å². The number of hydroxylamine groups is 1. The van der Waals surface area contributed by atoms with Crippen molar-refractivity contribution in [1.29, 1.82) is 0 Å². The Morgan fingerprint density at radius 1 is 1.29 bits per heavy atom. The Balaban J connectivity index is 2.24. The minimum absolute atomic E-state index is 0.0197. The molecule has 0 heterocycles. The highest BCUT2D eigenvalue weighted by Crippen LogP contribution is 2.11. The minimum atomic E-state index is -0.179. The average molecular weight is 235 g/mol. The van der Waals surface area contributed by atoms with Crippen molar-refractivity contribution in [2.45, 2.75) is 45.6 Å². The molecule has 0 saturated heterocycles. The molecule has 0 fully saturated rings. The number of benzene rings is 1. The van der Waals surface area contributed by atoms with Crippen molar-refractivity contribution < 1.29 is 9.63 Å². The zero-order chi connectivity index (χ0) is 12.5. The van der Waals surface area contributed by atoms with Gasteiger partial charge in [-0.15, -0.1) is 5.48 Å². The number of carbonyl (C=O) groups is 1. The van der Waals surface area contributed by atoms with Gasteiger partial charge in [0.2, 0.25) is 0 Å². The van der Waals surface area contributed by atoms with E-state index in [1.807, 2.05) is 37.3 Å². The Morgan fingerprint density at radius 2 is 2.00 bits per heavy atom. The van der Waals surface area contributed by atoms with Crippen LogP contribution >= 0.6 is 0 Å². The summed E-state index contributed by atoms with van der Waals surface area (Å²) >= 11 is 0. The molecule has 0 aliphatic heterocycles. The third-order valence-corrected chi connectivity index (χ3v) is 2.63. The summed E-state index contributed by atoms with van der Waals surface area (Å²) in [7, 11) is 0. The molecule has 94 valence electrons. The van der Waals surface area contributed by atoms with E-state index in [2.05, 4.69) is 12.4 Å². The van der Waals surface area contributed by atoms with Crippen LogP contribution in [0.3, 0.4) is 0 Å². The van der Waals surface area contributed by atoms with Gasteiger partial charge >= 0.3 is 5.97 Å². The molecular formula is C14H21NO2. The van der Waals surface area contributed by atoms with E-state index in [0.29, 0.717) is 6.42 Å². The van der Waals surface area contributed by atoms with E-state index >= 15 is 0 Å². The number of rotatable bonds is 7. The second-order valence-electron chi connectivity index (χ2n) is 4.18. The molecule has 3 nitrogen and oxygen atoms in total. The number of unbranched alkanes of at least 4 members (excludes halogenated alkanes) is 2. The fourth-order valence-corrected chi connectivity index (χ4v) is 1.53. The molecule has 0 aliphatic rings.